The first-order chi connectivity index (χ1) is 10.1. The number of rotatable bonds is 2. The van der Waals surface area contributed by atoms with Crippen molar-refractivity contribution >= 4 is 27.5 Å². The van der Waals surface area contributed by atoms with E-state index in [-0.39, 0.29) is 17.5 Å². The second-order valence-corrected chi connectivity index (χ2v) is 6.28. The van der Waals surface area contributed by atoms with E-state index in [9.17, 15) is 9.59 Å². The van der Waals surface area contributed by atoms with Gasteiger partial charge in [0.05, 0.1) is 29.2 Å². The van der Waals surface area contributed by atoms with Crippen molar-refractivity contribution in [3.05, 3.63) is 27.1 Å². The Kier molecular flexibility index (Phi) is 3.77. The number of carbonyl (C=O) groups excluding carboxylic acids is 1. The number of aromatic nitrogens is 2. The second-order valence-electron chi connectivity index (χ2n) is 5.28. The Morgan fingerprint density at radius 2 is 2.38 bits per heavy atom. The first-order valence-electron chi connectivity index (χ1n) is 6.91. The van der Waals surface area contributed by atoms with E-state index in [1.165, 1.54) is 22.2 Å². The molecule has 112 valence electrons. The third-order valence-electron chi connectivity index (χ3n) is 3.71. The molecule has 7 heteroatoms. The van der Waals surface area contributed by atoms with E-state index < -0.39 is 0 Å². The molecule has 0 spiro atoms. The van der Waals surface area contributed by atoms with Gasteiger partial charge in [-0.25, -0.2) is 4.98 Å². The summed E-state index contributed by atoms with van der Waals surface area (Å²) in [5.74, 6) is -0.145. The Morgan fingerprint density at radius 3 is 3.10 bits per heavy atom. The summed E-state index contributed by atoms with van der Waals surface area (Å²) in [6.45, 7) is 3.11. The third kappa shape index (κ3) is 2.58. The summed E-state index contributed by atoms with van der Waals surface area (Å²) in [5.41, 5.74) is 0.590. The average Bonchev–Trinajstić information content (AvgIpc) is 2.82. The molecule has 6 nitrogen and oxygen atoms in total. The van der Waals surface area contributed by atoms with E-state index in [2.05, 4.69) is 10.3 Å². The molecule has 1 saturated heterocycles. The minimum absolute atomic E-state index is 0.0478. The minimum Gasteiger partial charge on any atom is -0.379 e. The molecule has 1 amide bonds. The number of fused-ring (bicyclic) bond motifs is 1. The maximum atomic E-state index is 12.4. The van der Waals surface area contributed by atoms with E-state index >= 15 is 0 Å². The molecule has 1 fully saturated rings. The summed E-state index contributed by atoms with van der Waals surface area (Å²) in [5, 5.41) is 3.52. The van der Waals surface area contributed by atoms with Crippen LogP contribution < -0.4 is 10.9 Å². The van der Waals surface area contributed by atoms with Crippen LogP contribution in [0.1, 0.15) is 28.1 Å². The molecule has 0 bridgehead atoms. The molecule has 0 radical (unpaired) electrons. The highest BCUT2D eigenvalue weighted by Crippen LogP contribution is 2.26. The van der Waals surface area contributed by atoms with Crippen molar-refractivity contribution in [2.45, 2.75) is 25.8 Å². The first kappa shape index (κ1) is 14.2. The van der Waals surface area contributed by atoms with Crippen LogP contribution in [0.5, 0.6) is 0 Å². The van der Waals surface area contributed by atoms with Crippen molar-refractivity contribution in [3.63, 3.8) is 0 Å². The van der Waals surface area contributed by atoms with Crippen molar-refractivity contribution < 1.29 is 9.53 Å². The van der Waals surface area contributed by atoms with Crippen LogP contribution in [0.25, 0.3) is 10.2 Å². The highest BCUT2D eigenvalue weighted by atomic mass is 32.1. The standard InChI is InChI=1S/C14H17N3O3S/c1-8-10-13(15-7-17(2)14(10)19)21-11(8)12(18)16-9-4-3-5-20-6-9/h7,9H,3-6H2,1-2H3,(H,16,18)/t9-/m0/s1. The number of nitrogens with zero attached hydrogens (tertiary/aromatic N) is 2. The Balaban J connectivity index is 1.93. The molecule has 1 aliphatic heterocycles. The molecule has 1 atom stereocenters. The molecule has 0 aliphatic carbocycles. The Morgan fingerprint density at radius 1 is 1.57 bits per heavy atom. The van der Waals surface area contributed by atoms with Gasteiger partial charge in [-0.2, -0.15) is 0 Å². The fourth-order valence-corrected chi connectivity index (χ4v) is 3.57. The van der Waals surface area contributed by atoms with Crippen molar-refractivity contribution in [2.24, 2.45) is 7.05 Å². The summed E-state index contributed by atoms with van der Waals surface area (Å²) in [4.78, 5) is 30.0. The van der Waals surface area contributed by atoms with Crippen LogP contribution in [0.15, 0.2) is 11.1 Å². The Labute approximate surface area is 125 Å². The highest BCUT2D eigenvalue weighted by Gasteiger charge is 2.22. The molecule has 1 aliphatic rings. The van der Waals surface area contributed by atoms with Crippen LogP contribution >= 0.6 is 11.3 Å². The van der Waals surface area contributed by atoms with Gasteiger partial charge in [0.1, 0.15) is 4.83 Å². The van der Waals surface area contributed by atoms with E-state index in [1.54, 1.807) is 14.0 Å². The van der Waals surface area contributed by atoms with Gasteiger partial charge in [0, 0.05) is 13.7 Å². The normalized spacial score (nSPS) is 18.9. The molecule has 2 aromatic rings. The van der Waals surface area contributed by atoms with Crippen LogP contribution in [-0.4, -0.2) is 34.7 Å². The molecule has 0 aromatic carbocycles. The Bertz CT molecular complexity index is 744. The maximum absolute atomic E-state index is 12.4. The molecule has 2 aromatic heterocycles. The van der Waals surface area contributed by atoms with Gasteiger partial charge >= 0.3 is 0 Å². The predicted octanol–water partition coefficient (Wildman–Crippen LogP) is 1.21. The monoisotopic (exact) mass is 307 g/mol. The summed E-state index contributed by atoms with van der Waals surface area (Å²) < 4.78 is 6.80. The van der Waals surface area contributed by atoms with Crippen LogP contribution in [0.3, 0.4) is 0 Å². The van der Waals surface area contributed by atoms with Gasteiger partial charge in [0.15, 0.2) is 0 Å². The lowest BCUT2D eigenvalue weighted by Crippen LogP contribution is -2.40. The molecule has 0 saturated carbocycles. The smallest absolute Gasteiger partial charge is 0.262 e. The molecular weight excluding hydrogens is 290 g/mol. The van der Waals surface area contributed by atoms with E-state index in [4.69, 9.17) is 4.74 Å². The SMILES string of the molecule is Cc1c(C(=O)N[C@H]2CCCOC2)sc2ncn(C)c(=O)c12. The number of aryl methyl sites for hydroxylation is 2. The van der Waals surface area contributed by atoms with Gasteiger partial charge in [-0.1, -0.05) is 0 Å². The molecule has 0 unspecified atom stereocenters. The first-order valence-corrected chi connectivity index (χ1v) is 7.73. The zero-order valence-electron chi connectivity index (χ0n) is 12.0. The van der Waals surface area contributed by atoms with Crippen LogP contribution in [0.2, 0.25) is 0 Å². The number of carbonyl (C=O) groups is 1. The highest BCUT2D eigenvalue weighted by molar-refractivity contribution is 7.20. The third-order valence-corrected chi connectivity index (χ3v) is 4.91. The maximum Gasteiger partial charge on any atom is 0.262 e. The number of amides is 1. The van der Waals surface area contributed by atoms with Gasteiger partial charge in [-0.05, 0) is 25.3 Å². The lowest BCUT2D eigenvalue weighted by atomic mass is 10.1. The van der Waals surface area contributed by atoms with Crippen LogP contribution in [0, 0.1) is 6.92 Å². The molecule has 21 heavy (non-hydrogen) atoms. The molecular formula is C14H17N3O3S. The van der Waals surface area contributed by atoms with Gasteiger partial charge in [0.2, 0.25) is 0 Å². The van der Waals surface area contributed by atoms with Gasteiger partial charge in [-0.3, -0.25) is 9.59 Å². The largest absolute Gasteiger partial charge is 0.379 e. The molecule has 3 heterocycles. The number of hydrogen-bond donors (Lipinski definition) is 1. The van der Waals surface area contributed by atoms with Crippen LogP contribution in [-0.2, 0) is 11.8 Å². The molecule has 3 rings (SSSR count). The second kappa shape index (κ2) is 5.57. The fourth-order valence-electron chi connectivity index (χ4n) is 2.53. The number of hydrogen-bond acceptors (Lipinski definition) is 5. The summed E-state index contributed by atoms with van der Waals surface area (Å²) in [7, 11) is 1.66. The van der Waals surface area contributed by atoms with E-state index in [0.29, 0.717) is 27.3 Å². The fraction of sp³-hybridized carbons (Fsp3) is 0.500. The van der Waals surface area contributed by atoms with Crippen molar-refractivity contribution in [2.75, 3.05) is 13.2 Å². The lowest BCUT2D eigenvalue weighted by molar-refractivity contribution is 0.0625. The average molecular weight is 307 g/mol. The summed E-state index contributed by atoms with van der Waals surface area (Å²) in [6, 6.07) is 0.0478. The number of nitrogens with one attached hydrogen (secondary N) is 1. The number of ether oxygens (including phenoxy) is 1. The molecule has 1 N–H and O–H groups in total. The topological polar surface area (TPSA) is 73.2 Å². The summed E-state index contributed by atoms with van der Waals surface area (Å²) in [6.07, 6.45) is 3.37. The Hall–Kier alpha value is -1.73. The van der Waals surface area contributed by atoms with Gasteiger partial charge < -0.3 is 14.6 Å². The van der Waals surface area contributed by atoms with Crippen LogP contribution in [0.4, 0.5) is 0 Å². The quantitative estimate of drug-likeness (QED) is 0.905. The van der Waals surface area contributed by atoms with E-state index in [0.717, 1.165) is 19.4 Å². The zero-order chi connectivity index (χ0) is 15.0. The number of thiophene rings is 1. The minimum atomic E-state index is -0.145. The summed E-state index contributed by atoms with van der Waals surface area (Å²) >= 11 is 1.27. The lowest BCUT2D eigenvalue weighted by Gasteiger charge is -2.22. The van der Waals surface area contributed by atoms with Crippen molar-refractivity contribution in [3.8, 4) is 0 Å². The van der Waals surface area contributed by atoms with Gasteiger partial charge in [0.25, 0.3) is 11.5 Å². The van der Waals surface area contributed by atoms with E-state index in [1.807, 2.05) is 0 Å². The predicted molar refractivity (Wildman–Crippen MR) is 80.9 cm³/mol. The van der Waals surface area contributed by atoms with Crippen molar-refractivity contribution in [1.82, 2.24) is 14.9 Å². The zero-order valence-corrected chi connectivity index (χ0v) is 12.8. The van der Waals surface area contributed by atoms with Gasteiger partial charge in [-0.15, -0.1) is 11.3 Å². The van der Waals surface area contributed by atoms with Crippen molar-refractivity contribution in [1.29, 1.82) is 0 Å².